The molecule has 0 fully saturated rings. The Bertz CT molecular complexity index is 732. The molecule has 0 bridgehead atoms. The molecule has 0 radical (unpaired) electrons. The summed E-state index contributed by atoms with van der Waals surface area (Å²) in [6.07, 6.45) is 0. The van der Waals surface area contributed by atoms with Crippen molar-refractivity contribution in [2.24, 2.45) is 0 Å². The molecule has 1 heteroatoms. The van der Waals surface area contributed by atoms with Crippen molar-refractivity contribution >= 4 is 0 Å². The number of hydrogen-bond donors (Lipinski definition) is 0. The molecule has 0 aliphatic heterocycles. The molecule has 0 saturated heterocycles. The molecule has 114 valence electrons. The van der Waals surface area contributed by atoms with Gasteiger partial charge in [-0.25, -0.2) is 12.1 Å². The van der Waals surface area contributed by atoms with Gasteiger partial charge in [-0.05, 0) is 11.1 Å². The fourth-order valence-electron chi connectivity index (χ4n) is 2.37. The van der Waals surface area contributed by atoms with Gasteiger partial charge >= 0.3 is 17.1 Å². The van der Waals surface area contributed by atoms with Crippen LogP contribution in [-0.2, 0) is 17.1 Å². The Morgan fingerprint density at radius 1 is 0.478 bits per heavy atom. The Labute approximate surface area is 148 Å². The van der Waals surface area contributed by atoms with Crippen LogP contribution in [0.3, 0.4) is 0 Å². The topological polar surface area (TPSA) is 0 Å². The predicted molar refractivity (Wildman–Crippen MR) is 94.9 cm³/mol. The maximum absolute atomic E-state index is 2.18. The first kappa shape index (κ1) is 17.0. The van der Waals surface area contributed by atoms with Crippen molar-refractivity contribution in [1.82, 2.24) is 0 Å². The summed E-state index contributed by atoms with van der Waals surface area (Å²) >= 11 is 0. The van der Waals surface area contributed by atoms with Gasteiger partial charge in [-0.1, -0.05) is 54.6 Å². The van der Waals surface area contributed by atoms with E-state index in [4.69, 9.17) is 0 Å². The van der Waals surface area contributed by atoms with E-state index >= 15 is 0 Å². The minimum Gasteiger partial charge on any atom is -0.214 e. The minimum atomic E-state index is 0. The summed E-state index contributed by atoms with van der Waals surface area (Å²) < 4.78 is 0. The van der Waals surface area contributed by atoms with Gasteiger partial charge in [0.25, 0.3) is 0 Å². The van der Waals surface area contributed by atoms with Crippen molar-refractivity contribution in [2.75, 3.05) is 0 Å². The largest absolute Gasteiger partial charge is 2.00 e. The van der Waals surface area contributed by atoms with E-state index in [1.807, 2.05) is 36.4 Å². The standard InChI is InChI=1S/C17H13.C5H5.Fe/c1-2-6-14(7-3-1)16-10-12-17(13-11-16)15-8-4-5-9-15;1-2-4-5-3-1;/h1-13H;1-5H;/q2*-1;+2. The Hall–Kier alpha value is -2.34. The zero-order chi connectivity index (χ0) is 15.0. The quantitative estimate of drug-likeness (QED) is 0.304. The minimum absolute atomic E-state index is 0. The van der Waals surface area contributed by atoms with Crippen LogP contribution in [0.2, 0.25) is 0 Å². The van der Waals surface area contributed by atoms with Crippen LogP contribution in [0.4, 0.5) is 0 Å². The van der Waals surface area contributed by atoms with Gasteiger partial charge in [0.15, 0.2) is 0 Å². The first-order chi connectivity index (χ1) is 10.9. The van der Waals surface area contributed by atoms with Gasteiger partial charge in [0.1, 0.15) is 0 Å². The van der Waals surface area contributed by atoms with Crippen LogP contribution < -0.4 is 0 Å². The molecule has 0 aliphatic carbocycles. The molecule has 0 spiro atoms. The maximum atomic E-state index is 2.18. The Balaban J connectivity index is 0.000000276. The molecular weight excluding hydrogens is 320 g/mol. The third-order valence-corrected chi connectivity index (χ3v) is 3.54. The average Bonchev–Trinajstić information content (AvgIpc) is 3.32. The third kappa shape index (κ3) is 4.82. The zero-order valence-electron chi connectivity index (χ0n) is 12.7. The van der Waals surface area contributed by atoms with Crippen LogP contribution in [0.25, 0.3) is 22.3 Å². The van der Waals surface area contributed by atoms with Gasteiger partial charge in [-0.2, -0.15) is 42.0 Å². The molecule has 0 amide bonds. The Morgan fingerprint density at radius 2 is 1.09 bits per heavy atom. The van der Waals surface area contributed by atoms with E-state index in [1.165, 1.54) is 22.3 Å². The molecule has 0 aliphatic rings. The van der Waals surface area contributed by atoms with Crippen molar-refractivity contribution in [3.63, 3.8) is 0 Å². The van der Waals surface area contributed by atoms with Gasteiger partial charge < -0.3 is 0 Å². The summed E-state index contributed by atoms with van der Waals surface area (Å²) in [4.78, 5) is 0. The zero-order valence-corrected chi connectivity index (χ0v) is 13.9. The summed E-state index contributed by atoms with van der Waals surface area (Å²) in [5.41, 5.74) is 5.08. The molecule has 23 heavy (non-hydrogen) atoms. The van der Waals surface area contributed by atoms with Gasteiger partial charge in [0, 0.05) is 0 Å². The summed E-state index contributed by atoms with van der Waals surface area (Å²) in [5, 5.41) is 0. The molecule has 0 atom stereocenters. The number of hydrogen-bond acceptors (Lipinski definition) is 0. The summed E-state index contributed by atoms with van der Waals surface area (Å²) in [7, 11) is 0. The number of benzene rings is 2. The van der Waals surface area contributed by atoms with Gasteiger partial charge in [-0.15, -0.1) is 11.6 Å². The van der Waals surface area contributed by atoms with Crippen LogP contribution in [0.15, 0.2) is 109 Å². The average molecular weight is 338 g/mol. The van der Waals surface area contributed by atoms with Crippen molar-refractivity contribution in [3.05, 3.63) is 109 Å². The second kappa shape index (κ2) is 8.95. The first-order valence-electron chi connectivity index (χ1n) is 7.48. The molecule has 0 saturated carbocycles. The molecular formula is C22H18Fe. The van der Waals surface area contributed by atoms with Crippen LogP contribution in [0.1, 0.15) is 0 Å². The van der Waals surface area contributed by atoms with E-state index < -0.39 is 0 Å². The van der Waals surface area contributed by atoms with Crippen LogP contribution >= 0.6 is 0 Å². The Morgan fingerprint density at radius 3 is 1.61 bits per heavy atom. The second-order valence-electron chi connectivity index (χ2n) is 5.08. The summed E-state index contributed by atoms with van der Waals surface area (Å²) in [6.45, 7) is 0. The van der Waals surface area contributed by atoms with Crippen molar-refractivity contribution < 1.29 is 17.1 Å². The molecule has 0 N–H and O–H groups in total. The molecule has 0 nitrogen and oxygen atoms in total. The van der Waals surface area contributed by atoms with Crippen molar-refractivity contribution in [2.45, 2.75) is 0 Å². The van der Waals surface area contributed by atoms with E-state index in [0.717, 1.165) is 0 Å². The van der Waals surface area contributed by atoms with E-state index in [0.29, 0.717) is 0 Å². The van der Waals surface area contributed by atoms with Gasteiger partial charge in [-0.3, -0.25) is 0 Å². The maximum Gasteiger partial charge on any atom is 2.00 e. The summed E-state index contributed by atoms with van der Waals surface area (Å²) in [5.74, 6) is 0. The first-order valence-corrected chi connectivity index (χ1v) is 7.48. The molecule has 4 rings (SSSR count). The third-order valence-electron chi connectivity index (χ3n) is 3.54. The fourth-order valence-corrected chi connectivity index (χ4v) is 2.37. The van der Waals surface area contributed by atoms with E-state index in [1.54, 1.807) is 0 Å². The molecule has 4 aromatic carbocycles. The van der Waals surface area contributed by atoms with E-state index in [9.17, 15) is 0 Å². The van der Waals surface area contributed by atoms with Crippen LogP contribution in [0.5, 0.6) is 0 Å². The molecule has 0 unspecified atom stereocenters. The van der Waals surface area contributed by atoms with Crippen molar-refractivity contribution in [3.8, 4) is 22.3 Å². The Kier molecular flexibility index (Phi) is 6.62. The second-order valence-corrected chi connectivity index (χ2v) is 5.08. The van der Waals surface area contributed by atoms with Gasteiger partial charge in [0.2, 0.25) is 0 Å². The number of rotatable bonds is 2. The van der Waals surface area contributed by atoms with Gasteiger partial charge in [0.05, 0.1) is 0 Å². The smallest absolute Gasteiger partial charge is 0.214 e. The molecule has 0 heterocycles. The SMILES string of the molecule is [Fe+2].c1cc[cH-]c1.c1ccc(-c2ccc(-c3ccc[cH-]3)cc2)cc1. The predicted octanol–water partition coefficient (Wildman–Crippen LogP) is 6.14. The molecule has 0 aromatic heterocycles. The van der Waals surface area contributed by atoms with Crippen LogP contribution in [-0.4, -0.2) is 0 Å². The monoisotopic (exact) mass is 338 g/mol. The normalized spacial score (nSPS) is 9.39. The fraction of sp³-hybridized carbons (Fsp3) is 0. The van der Waals surface area contributed by atoms with Crippen molar-refractivity contribution in [1.29, 1.82) is 0 Å². The van der Waals surface area contributed by atoms with Crippen LogP contribution in [0, 0.1) is 0 Å². The molecule has 4 aromatic rings. The summed E-state index contributed by atoms with van der Waals surface area (Å²) in [6, 6.07) is 37.6. The van der Waals surface area contributed by atoms with E-state index in [-0.39, 0.29) is 17.1 Å². The van der Waals surface area contributed by atoms with E-state index in [2.05, 4.69) is 72.8 Å².